The highest BCUT2D eigenvalue weighted by Crippen LogP contribution is 2.23. The average Bonchev–Trinajstić information content (AvgIpc) is 3.39. The van der Waals surface area contributed by atoms with E-state index in [0.717, 1.165) is 40.6 Å². The molecule has 1 aliphatic heterocycles. The van der Waals surface area contributed by atoms with Gasteiger partial charge in [0.05, 0.1) is 16.7 Å². The number of pyridine rings is 1. The van der Waals surface area contributed by atoms with Gasteiger partial charge in [-0.25, -0.2) is 4.98 Å². The lowest BCUT2D eigenvalue weighted by molar-refractivity contribution is 0.102. The highest BCUT2D eigenvalue weighted by Gasteiger charge is 2.20. The van der Waals surface area contributed by atoms with E-state index in [2.05, 4.69) is 38.3 Å². The summed E-state index contributed by atoms with van der Waals surface area (Å²) in [6, 6.07) is 10.3. The number of fused-ring (bicyclic) bond motifs is 2. The van der Waals surface area contributed by atoms with E-state index in [1.54, 1.807) is 4.68 Å². The van der Waals surface area contributed by atoms with Crippen molar-refractivity contribution in [3.63, 3.8) is 0 Å². The van der Waals surface area contributed by atoms with Crippen molar-refractivity contribution in [1.29, 1.82) is 0 Å². The first-order valence-electron chi connectivity index (χ1n) is 10.4. The molecule has 3 aromatic heterocycles. The van der Waals surface area contributed by atoms with Gasteiger partial charge in [-0.2, -0.15) is 5.10 Å². The quantitative estimate of drug-likeness (QED) is 0.541. The zero-order valence-corrected chi connectivity index (χ0v) is 17.6. The number of hydrogen-bond acceptors (Lipinski definition) is 4. The number of aromatic amines is 1. The third kappa shape index (κ3) is 3.35. The summed E-state index contributed by atoms with van der Waals surface area (Å²) >= 11 is 0. The molecule has 1 atom stereocenters. The van der Waals surface area contributed by atoms with Crippen molar-refractivity contribution in [1.82, 2.24) is 24.6 Å². The van der Waals surface area contributed by atoms with E-state index in [-0.39, 0.29) is 5.91 Å². The second-order valence-electron chi connectivity index (χ2n) is 8.31. The van der Waals surface area contributed by atoms with Gasteiger partial charge in [-0.1, -0.05) is 6.07 Å². The molecule has 0 radical (unpaired) electrons. The van der Waals surface area contributed by atoms with E-state index in [9.17, 15) is 4.79 Å². The zero-order valence-electron chi connectivity index (χ0n) is 17.6. The molecule has 4 heterocycles. The number of nitrogens with zero attached hydrogens (tertiary/aromatic N) is 4. The number of aromatic nitrogens is 4. The first-order valence-corrected chi connectivity index (χ1v) is 10.4. The van der Waals surface area contributed by atoms with Gasteiger partial charge in [-0.3, -0.25) is 14.4 Å². The molecule has 2 N–H and O–H groups in total. The smallest absolute Gasteiger partial charge is 0.256 e. The van der Waals surface area contributed by atoms with Crippen LogP contribution in [0.3, 0.4) is 0 Å². The van der Waals surface area contributed by atoms with Crippen LogP contribution in [0.15, 0.2) is 36.5 Å². The van der Waals surface area contributed by atoms with Crippen molar-refractivity contribution in [3.8, 4) is 0 Å². The first-order chi connectivity index (χ1) is 14.5. The third-order valence-corrected chi connectivity index (χ3v) is 6.16. The molecule has 154 valence electrons. The predicted octanol–water partition coefficient (Wildman–Crippen LogP) is 3.99. The monoisotopic (exact) mass is 402 g/mol. The Balaban J connectivity index is 1.35. The molecule has 0 saturated carbocycles. The highest BCUT2D eigenvalue weighted by molar-refractivity contribution is 6.06. The number of aryl methyl sites for hydroxylation is 2. The van der Waals surface area contributed by atoms with Crippen LogP contribution in [-0.4, -0.2) is 43.1 Å². The van der Waals surface area contributed by atoms with Gasteiger partial charge in [0.15, 0.2) is 0 Å². The summed E-state index contributed by atoms with van der Waals surface area (Å²) in [7, 11) is 1.89. The average molecular weight is 403 g/mol. The molecule has 1 saturated heterocycles. The molecule has 30 heavy (non-hydrogen) atoms. The Morgan fingerprint density at radius 1 is 1.30 bits per heavy atom. The second kappa shape index (κ2) is 7.25. The summed E-state index contributed by atoms with van der Waals surface area (Å²) in [4.78, 5) is 23.2. The predicted molar refractivity (Wildman–Crippen MR) is 119 cm³/mol. The molecule has 1 aliphatic rings. The summed E-state index contributed by atoms with van der Waals surface area (Å²) in [5, 5.41) is 9.45. The van der Waals surface area contributed by atoms with Crippen LogP contribution in [0.4, 0.5) is 5.82 Å². The van der Waals surface area contributed by atoms with Gasteiger partial charge in [0.1, 0.15) is 5.82 Å². The standard InChI is InChI=1S/C23H26N6O/c1-14-5-4-8-29(14)13-18-9-17-12-24-22(11-20(17)25-18)26-23(30)16-6-7-19-15(2)27-28(3)21(19)10-16/h6-7,9-12,14,25H,4-5,8,13H2,1-3H3,(H,24,26,30)/t14-/m0/s1. The number of benzene rings is 1. The Morgan fingerprint density at radius 2 is 2.17 bits per heavy atom. The Kier molecular flexibility index (Phi) is 4.55. The number of hydrogen-bond donors (Lipinski definition) is 2. The van der Waals surface area contributed by atoms with Crippen LogP contribution >= 0.6 is 0 Å². The molecular formula is C23H26N6O. The second-order valence-corrected chi connectivity index (χ2v) is 8.31. The number of likely N-dealkylation sites (tertiary alicyclic amines) is 1. The van der Waals surface area contributed by atoms with Gasteiger partial charge in [0.2, 0.25) is 0 Å². The summed E-state index contributed by atoms with van der Waals surface area (Å²) < 4.78 is 1.80. The van der Waals surface area contributed by atoms with E-state index < -0.39 is 0 Å². The van der Waals surface area contributed by atoms with Crippen LogP contribution in [0.5, 0.6) is 0 Å². The maximum Gasteiger partial charge on any atom is 0.256 e. The van der Waals surface area contributed by atoms with Gasteiger partial charge < -0.3 is 10.3 Å². The molecule has 1 fully saturated rings. The Morgan fingerprint density at radius 3 is 2.97 bits per heavy atom. The van der Waals surface area contributed by atoms with Crippen molar-refractivity contribution in [3.05, 3.63) is 53.5 Å². The summed E-state index contributed by atoms with van der Waals surface area (Å²) in [6.07, 6.45) is 4.34. The van der Waals surface area contributed by atoms with E-state index >= 15 is 0 Å². The lowest BCUT2D eigenvalue weighted by Crippen LogP contribution is -2.26. The largest absolute Gasteiger partial charge is 0.357 e. The Labute approximate surface area is 175 Å². The molecule has 5 rings (SSSR count). The van der Waals surface area contributed by atoms with Crippen LogP contribution in [0.25, 0.3) is 21.8 Å². The lowest BCUT2D eigenvalue weighted by atomic mass is 10.1. The van der Waals surface area contributed by atoms with Crippen LogP contribution < -0.4 is 5.32 Å². The van der Waals surface area contributed by atoms with Gasteiger partial charge in [-0.05, 0) is 51.4 Å². The Hall–Kier alpha value is -3.19. The van der Waals surface area contributed by atoms with Gasteiger partial charge in [0, 0.05) is 53.9 Å². The van der Waals surface area contributed by atoms with Crippen molar-refractivity contribution in [2.24, 2.45) is 7.05 Å². The maximum atomic E-state index is 12.8. The number of anilines is 1. The molecule has 7 heteroatoms. The maximum absolute atomic E-state index is 12.8. The van der Waals surface area contributed by atoms with Crippen LogP contribution in [0.1, 0.15) is 41.5 Å². The fourth-order valence-electron chi connectivity index (χ4n) is 4.45. The highest BCUT2D eigenvalue weighted by atomic mass is 16.1. The summed E-state index contributed by atoms with van der Waals surface area (Å²) in [6.45, 7) is 6.32. The minimum Gasteiger partial charge on any atom is -0.357 e. The minimum atomic E-state index is -0.180. The van der Waals surface area contributed by atoms with Crippen molar-refractivity contribution >= 4 is 33.5 Å². The molecular weight excluding hydrogens is 376 g/mol. The number of rotatable bonds is 4. The van der Waals surface area contributed by atoms with Crippen LogP contribution in [0, 0.1) is 6.92 Å². The van der Waals surface area contributed by atoms with Crippen LogP contribution in [-0.2, 0) is 13.6 Å². The van der Waals surface area contributed by atoms with Crippen LogP contribution in [0.2, 0.25) is 0 Å². The SMILES string of the molecule is Cc1nn(C)c2cc(C(=O)Nc3cc4[nH]c(CN5CCC[C@@H]5C)cc4cn3)ccc12. The van der Waals surface area contributed by atoms with E-state index in [0.29, 0.717) is 17.4 Å². The Bertz CT molecular complexity index is 1250. The fraction of sp³-hybridized carbons (Fsp3) is 0.348. The van der Waals surface area contributed by atoms with E-state index in [4.69, 9.17) is 0 Å². The molecule has 0 unspecified atom stereocenters. The summed E-state index contributed by atoms with van der Waals surface area (Å²) in [5.74, 6) is 0.358. The first kappa shape index (κ1) is 18.8. The molecule has 1 aromatic carbocycles. The molecule has 7 nitrogen and oxygen atoms in total. The number of carbonyl (C=O) groups excluding carboxylic acids is 1. The fourth-order valence-corrected chi connectivity index (χ4v) is 4.45. The third-order valence-electron chi connectivity index (χ3n) is 6.16. The zero-order chi connectivity index (χ0) is 20.8. The number of H-pyrrole nitrogens is 1. The van der Waals surface area contributed by atoms with E-state index in [1.807, 2.05) is 44.4 Å². The normalized spacial score (nSPS) is 17.2. The molecule has 0 spiro atoms. The number of nitrogens with one attached hydrogen (secondary N) is 2. The van der Waals surface area contributed by atoms with Gasteiger partial charge in [0.25, 0.3) is 5.91 Å². The molecule has 1 amide bonds. The number of amides is 1. The minimum absolute atomic E-state index is 0.180. The van der Waals surface area contributed by atoms with Gasteiger partial charge >= 0.3 is 0 Å². The van der Waals surface area contributed by atoms with Gasteiger partial charge in [-0.15, -0.1) is 0 Å². The van der Waals surface area contributed by atoms with Crippen molar-refractivity contribution in [2.75, 3.05) is 11.9 Å². The topological polar surface area (TPSA) is 78.8 Å². The summed E-state index contributed by atoms with van der Waals surface area (Å²) in [5.41, 5.74) is 4.65. The van der Waals surface area contributed by atoms with E-state index in [1.165, 1.54) is 18.5 Å². The van der Waals surface area contributed by atoms with Crippen molar-refractivity contribution < 1.29 is 4.79 Å². The molecule has 0 aliphatic carbocycles. The number of carbonyl (C=O) groups is 1. The van der Waals surface area contributed by atoms with Crippen molar-refractivity contribution in [2.45, 2.75) is 39.3 Å². The lowest BCUT2D eigenvalue weighted by Gasteiger charge is -2.19. The molecule has 0 bridgehead atoms. The molecule has 4 aromatic rings.